The molecule has 0 aromatic heterocycles. The van der Waals surface area contributed by atoms with Gasteiger partial charge in [-0.2, -0.15) is 0 Å². The second kappa shape index (κ2) is 10.0. The van der Waals surface area contributed by atoms with Crippen LogP contribution in [0, 0.1) is 5.92 Å². The number of benzene rings is 2. The van der Waals surface area contributed by atoms with Gasteiger partial charge in [0.1, 0.15) is 0 Å². The van der Waals surface area contributed by atoms with E-state index >= 15 is 0 Å². The molecule has 1 unspecified atom stereocenters. The van der Waals surface area contributed by atoms with Gasteiger partial charge in [0.05, 0.1) is 36.3 Å². The Morgan fingerprint density at radius 1 is 1.10 bits per heavy atom. The fourth-order valence-corrected chi connectivity index (χ4v) is 3.87. The number of likely N-dealkylation sites (tertiary alicyclic amines) is 1. The Hall–Kier alpha value is -3.19. The van der Waals surface area contributed by atoms with Crippen molar-refractivity contribution in [2.75, 3.05) is 25.0 Å². The SMILES string of the molecule is C[C@H](NC(=O)c1ccccc1NC(=O)C[NH+]1CCC[C@H](C(N)=O)C1)c1ccccc1. The third kappa shape index (κ3) is 5.67. The lowest BCUT2D eigenvalue weighted by molar-refractivity contribution is -0.899. The minimum absolute atomic E-state index is 0.161. The van der Waals surface area contributed by atoms with Crippen LogP contribution in [0.4, 0.5) is 5.69 Å². The van der Waals surface area contributed by atoms with Gasteiger partial charge in [-0.25, -0.2) is 0 Å². The van der Waals surface area contributed by atoms with Crippen LogP contribution in [0.15, 0.2) is 54.6 Å². The Bertz CT molecular complexity index is 900. The monoisotopic (exact) mass is 409 g/mol. The Morgan fingerprint density at radius 2 is 1.80 bits per heavy atom. The van der Waals surface area contributed by atoms with Crippen molar-refractivity contribution in [3.63, 3.8) is 0 Å². The molecule has 158 valence electrons. The number of piperidine rings is 1. The third-order valence-corrected chi connectivity index (χ3v) is 5.52. The van der Waals surface area contributed by atoms with Crippen LogP contribution in [0.1, 0.15) is 41.7 Å². The van der Waals surface area contributed by atoms with Gasteiger partial charge in [-0.05, 0) is 37.5 Å². The van der Waals surface area contributed by atoms with Gasteiger partial charge in [0.15, 0.2) is 6.54 Å². The molecule has 1 aliphatic rings. The van der Waals surface area contributed by atoms with Crippen molar-refractivity contribution in [1.82, 2.24) is 5.32 Å². The van der Waals surface area contributed by atoms with Gasteiger partial charge < -0.3 is 21.3 Å². The highest BCUT2D eigenvalue weighted by Crippen LogP contribution is 2.18. The molecule has 2 aromatic rings. The van der Waals surface area contributed by atoms with Crippen LogP contribution >= 0.6 is 0 Å². The van der Waals surface area contributed by atoms with Crippen molar-refractivity contribution in [3.8, 4) is 0 Å². The maximum Gasteiger partial charge on any atom is 0.279 e. The molecule has 1 heterocycles. The molecule has 1 fully saturated rings. The van der Waals surface area contributed by atoms with Crippen molar-refractivity contribution in [2.24, 2.45) is 11.7 Å². The van der Waals surface area contributed by atoms with E-state index in [0.29, 0.717) is 17.8 Å². The average Bonchev–Trinajstić information content (AvgIpc) is 2.74. The fraction of sp³-hybridized carbons (Fsp3) is 0.348. The summed E-state index contributed by atoms with van der Waals surface area (Å²) in [5, 5.41) is 5.84. The molecule has 3 atom stereocenters. The first kappa shape index (κ1) is 21.5. The number of nitrogens with one attached hydrogen (secondary N) is 3. The maximum atomic E-state index is 12.8. The van der Waals surface area contributed by atoms with Gasteiger partial charge in [-0.1, -0.05) is 42.5 Å². The minimum atomic E-state index is -0.304. The highest BCUT2D eigenvalue weighted by molar-refractivity contribution is 6.04. The van der Waals surface area contributed by atoms with Crippen LogP contribution in [-0.2, 0) is 9.59 Å². The molecule has 5 N–H and O–H groups in total. The zero-order valence-electron chi connectivity index (χ0n) is 17.2. The van der Waals surface area contributed by atoms with E-state index in [-0.39, 0.29) is 36.2 Å². The average molecular weight is 410 g/mol. The summed E-state index contributed by atoms with van der Waals surface area (Å²) in [6.45, 7) is 3.55. The van der Waals surface area contributed by atoms with E-state index < -0.39 is 0 Å². The lowest BCUT2D eigenvalue weighted by Gasteiger charge is -2.27. The quantitative estimate of drug-likeness (QED) is 0.546. The molecule has 3 amide bonds. The standard InChI is InChI=1S/C23H28N4O3/c1-16(17-8-3-2-4-9-17)25-23(30)19-11-5-6-12-20(19)26-21(28)15-27-13-7-10-18(14-27)22(24)29/h2-6,8-9,11-12,16,18H,7,10,13-15H2,1H3,(H2,24,29)(H,25,30)(H,26,28)/p+1/t16-,18-/m0/s1. The lowest BCUT2D eigenvalue weighted by atomic mass is 9.97. The third-order valence-electron chi connectivity index (χ3n) is 5.52. The highest BCUT2D eigenvalue weighted by atomic mass is 16.2. The summed E-state index contributed by atoms with van der Waals surface area (Å²) in [6.07, 6.45) is 1.65. The Kier molecular flexibility index (Phi) is 7.19. The normalized spacial score (nSPS) is 19.5. The summed E-state index contributed by atoms with van der Waals surface area (Å²) in [7, 11) is 0. The Labute approximate surface area is 176 Å². The van der Waals surface area contributed by atoms with E-state index in [9.17, 15) is 14.4 Å². The molecule has 0 aliphatic carbocycles. The van der Waals surface area contributed by atoms with E-state index in [2.05, 4.69) is 10.6 Å². The second-order valence-corrected chi connectivity index (χ2v) is 7.82. The molecule has 3 rings (SSSR count). The zero-order valence-corrected chi connectivity index (χ0v) is 17.2. The first-order valence-corrected chi connectivity index (χ1v) is 10.3. The number of rotatable bonds is 7. The summed E-state index contributed by atoms with van der Waals surface area (Å²) in [4.78, 5) is 37.9. The van der Waals surface area contributed by atoms with Gasteiger partial charge in [0.25, 0.3) is 11.8 Å². The first-order chi connectivity index (χ1) is 14.4. The second-order valence-electron chi connectivity index (χ2n) is 7.82. The Balaban J connectivity index is 1.62. The predicted octanol–water partition coefficient (Wildman–Crippen LogP) is 0.896. The largest absolute Gasteiger partial charge is 0.369 e. The van der Waals surface area contributed by atoms with Crippen LogP contribution in [0.5, 0.6) is 0 Å². The first-order valence-electron chi connectivity index (χ1n) is 10.3. The number of hydrogen-bond donors (Lipinski definition) is 4. The summed E-state index contributed by atoms with van der Waals surface area (Å²) in [6, 6.07) is 16.5. The topological polar surface area (TPSA) is 106 Å². The van der Waals surface area contributed by atoms with E-state index in [1.807, 2.05) is 37.3 Å². The van der Waals surface area contributed by atoms with Gasteiger partial charge in [0, 0.05) is 0 Å². The molecule has 2 aromatic carbocycles. The Morgan fingerprint density at radius 3 is 2.53 bits per heavy atom. The highest BCUT2D eigenvalue weighted by Gasteiger charge is 2.28. The summed E-state index contributed by atoms with van der Waals surface area (Å²) >= 11 is 0. The van der Waals surface area contributed by atoms with Crippen LogP contribution < -0.4 is 21.3 Å². The van der Waals surface area contributed by atoms with Crippen LogP contribution in [-0.4, -0.2) is 37.4 Å². The number of quaternary nitrogens is 1. The van der Waals surface area contributed by atoms with Crippen molar-refractivity contribution >= 4 is 23.4 Å². The van der Waals surface area contributed by atoms with E-state index in [0.717, 1.165) is 29.8 Å². The smallest absolute Gasteiger partial charge is 0.279 e. The van der Waals surface area contributed by atoms with Gasteiger partial charge >= 0.3 is 0 Å². The van der Waals surface area contributed by atoms with Crippen LogP contribution in [0.3, 0.4) is 0 Å². The zero-order chi connectivity index (χ0) is 21.5. The number of para-hydroxylation sites is 1. The molecule has 0 bridgehead atoms. The van der Waals surface area contributed by atoms with Gasteiger partial charge in [-0.15, -0.1) is 0 Å². The van der Waals surface area contributed by atoms with Gasteiger partial charge in [0.2, 0.25) is 5.91 Å². The molecule has 30 heavy (non-hydrogen) atoms. The molecular weight excluding hydrogens is 380 g/mol. The molecular formula is C23H29N4O3+. The molecule has 0 saturated carbocycles. The number of hydrogen-bond acceptors (Lipinski definition) is 3. The van der Waals surface area contributed by atoms with Crippen LogP contribution in [0.2, 0.25) is 0 Å². The molecule has 0 spiro atoms. The summed E-state index contributed by atoms with van der Waals surface area (Å²) in [5.74, 6) is -0.922. The molecule has 7 heteroatoms. The van der Waals surface area contributed by atoms with Crippen molar-refractivity contribution in [2.45, 2.75) is 25.8 Å². The van der Waals surface area contributed by atoms with Crippen molar-refractivity contribution < 1.29 is 19.3 Å². The number of amides is 3. The number of nitrogens with two attached hydrogens (primary N) is 1. The van der Waals surface area contributed by atoms with Crippen molar-refractivity contribution in [1.29, 1.82) is 0 Å². The summed E-state index contributed by atoms with van der Waals surface area (Å²) < 4.78 is 0. The minimum Gasteiger partial charge on any atom is -0.369 e. The number of carbonyl (C=O) groups is 3. The summed E-state index contributed by atoms with van der Waals surface area (Å²) in [5.41, 5.74) is 7.32. The predicted molar refractivity (Wildman–Crippen MR) is 115 cm³/mol. The molecule has 0 radical (unpaired) electrons. The molecule has 1 aliphatic heterocycles. The van der Waals surface area contributed by atoms with E-state index in [4.69, 9.17) is 5.73 Å². The van der Waals surface area contributed by atoms with Gasteiger partial charge in [-0.3, -0.25) is 14.4 Å². The number of anilines is 1. The molecule has 7 nitrogen and oxygen atoms in total. The number of carbonyl (C=O) groups excluding carboxylic acids is 3. The molecule has 1 saturated heterocycles. The van der Waals surface area contributed by atoms with E-state index in [1.165, 1.54) is 0 Å². The van der Waals surface area contributed by atoms with E-state index in [1.54, 1.807) is 24.3 Å². The maximum absolute atomic E-state index is 12.8. The van der Waals surface area contributed by atoms with Crippen molar-refractivity contribution in [3.05, 3.63) is 65.7 Å². The number of primary amides is 1. The van der Waals surface area contributed by atoms with Crippen LogP contribution in [0.25, 0.3) is 0 Å². The lowest BCUT2D eigenvalue weighted by Crippen LogP contribution is -3.14. The fourth-order valence-electron chi connectivity index (χ4n) is 3.87.